The number of hydrogen-bond donors (Lipinski definition) is 0. The van der Waals surface area contributed by atoms with Crippen LogP contribution in [0.1, 0.15) is 6.92 Å². The molecule has 122 valence electrons. The zero-order valence-electron chi connectivity index (χ0n) is 12.3. The zero-order valence-corrected chi connectivity index (χ0v) is 15.5. The first-order chi connectivity index (χ1) is 10.9. The number of sulfonamides is 1. The topological polar surface area (TPSA) is 60.7 Å². The molecule has 0 spiro atoms. The molecule has 3 aromatic rings. The number of fused-ring (bicyclic) bond motifs is 1. The van der Waals surface area contributed by atoms with Gasteiger partial charge in [-0.3, -0.25) is 0 Å². The van der Waals surface area contributed by atoms with E-state index >= 15 is 0 Å². The fraction of sp³-hybridized carbons (Fsp3) is 0.214. The second-order valence-electron chi connectivity index (χ2n) is 4.59. The summed E-state index contributed by atoms with van der Waals surface area (Å²) in [6.07, 6.45) is 0. The molecule has 23 heavy (non-hydrogen) atoms. The number of rotatable bonds is 4. The average Bonchev–Trinajstić information content (AvgIpc) is 3.09. The molecule has 0 saturated carbocycles. The van der Waals surface area contributed by atoms with Crippen molar-refractivity contribution in [2.75, 3.05) is 7.11 Å². The lowest BCUT2D eigenvalue weighted by Crippen LogP contribution is -2.15. The molecule has 0 aliphatic carbocycles. The maximum Gasteiger partial charge on any atom is 0.294 e. The van der Waals surface area contributed by atoms with Gasteiger partial charge in [-0.25, -0.2) is 0 Å². The van der Waals surface area contributed by atoms with Gasteiger partial charge in [0.1, 0.15) is 9.96 Å². The third-order valence-electron chi connectivity index (χ3n) is 3.21. The number of thiophene rings is 1. The average molecular weight is 389 g/mol. The third-order valence-corrected chi connectivity index (χ3v) is 7.33. The predicted octanol–water partition coefficient (Wildman–Crippen LogP) is 3.74. The van der Waals surface area contributed by atoms with Gasteiger partial charge in [0.15, 0.2) is 0 Å². The van der Waals surface area contributed by atoms with Crippen molar-refractivity contribution in [2.45, 2.75) is 17.7 Å². The smallest absolute Gasteiger partial charge is 0.294 e. The Balaban J connectivity index is 2.22. The summed E-state index contributed by atoms with van der Waals surface area (Å²) in [5.74, 6) is 0.724. The SMILES string of the molecule is CCn1/c(=N/S(=O)(=O)c2ccc(Cl)s2)sc2cc(OC)ccc21. The second kappa shape index (κ2) is 6.27. The van der Waals surface area contributed by atoms with Crippen LogP contribution in [0.2, 0.25) is 4.34 Å². The van der Waals surface area contributed by atoms with Gasteiger partial charge in [-0.2, -0.15) is 8.42 Å². The van der Waals surface area contributed by atoms with E-state index in [1.54, 1.807) is 13.2 Å². The van der Waals surface area contributed by atoms with Crippen LogP contribution in [0.4, 0.5) is 0 Å². The minimum absolute atomic E-state index is 0.139. The number of thiazole rings is 1. The molecule has 0 unspecified atom stereocenters. The first-order valence-corrected chi connectivity index (χ1v) is 10.1. The molecule has 3 rings (SSSR count). The molecule has 2 aromatic heterocycles. The molecule has 5 nitrogen and oxygen atoms in total. The lowest BCUT2D eigenvalue weighted by atomic mass is 10.3. The maximum absolute atomic E-state index is 12.4. The number of hydrogen-bond acceptors (Lipinski definition) is 5. The largest absolute Gasteiger partial charge is 0.497 e. The van der Waals surface area contributed by atoms with Gasteiger partial charge in [-0.05, 0) is 37.3 Å². The first-order valence-electron chi connectivity index (χ1n) is 6.68. The summed E-state index contributed by atoms with van der Waals surface area (Å²) in [6, 6.07) is 8.65. The van der Waals surface area contributed by atoms with Crippen LogP contribution in [0.3, 0.4) is 0 Å². The Bertz CT molecular complexity index is 1030. The summed E-state index contributed by atoms with van der Waals surface area (Å²) in [6.45, 7) is 2.57. The van der Waals surface area contributed by atoms with Gasteiger partial charge in [0.2, 0.25) is 4.80 Å². The molecule has 0 radical (unpaired) electrons. The molecule has 0 N–H and O–H groups in total. The van der Waals surface area contributed by atoms with E-state index < -0.39 is 10.0 Å². The van der Waals surface area contributed by atoms with Crippen LogP contribution in [-0.4, -0.2) is 20.1 Å². The van der Waals surface area contributed by atoms with Crippen LogP contribution in [0.15, 0.2) is 38.9 Å². The number of halogens is 1. The van der Waals surface area contributed by atoms with Crippen LogP contribution in [0, 0.1) is 0 Å². The van der Waals surface area contributed by atoms with Crippen molar-refractivity contribution in [3.63, 3.8) is 0 Å². The fourth-order valence-electron chi connectivity index (χ4n) is 2.14. The van der Waals surface area contributed by atoms with E-state index in [1.165, 1.54) is 17.4 Å². The molecular formula is C14H13ClN2O3S3. The fourth-order valence-corrected chi connectivity index (χ4v) is 5.93. The highest BCUT2D eigenvalue weighted by atomic mass is 35.5. The maximum atomic E-state index is 12.4. The summed E-state index contributed by atoms with van der Waals surface area (Å²) >= 11 is 8.14. The van der Waals surface area contributed by atoms with Crippen molar-refractivity contribution in [3.05, 3.63) is 39.5 Å². The monoisotopic (exact) mass is 388 g/mol. The van der Waals surface area contributed by atoms with Crippen LogP contribution >= 0.6 is 34.3 Å². The van der Waals surface area contributed by atoms with Crippen LogP contribution in [0.25, 0.3) is 10.2 Å². The van der Waals surface area contributed by atoms with Crippen LogP contribution in [-0.2, 0) is 16.6 Å². The summed E-state index contributed by atoms with van der Waals surface area (Å²) in [5.41, 5.74) is 0.927. The van der Waals surface area contributed by atoms with Gasteiger partial charge in [0.05, 0.1) is 21.7 Å². The highest BCUT2D eigenvalue weighted by Crippen LogP contribution is 2.27. The summed E-state index contributed by atoms with van der Waals surface area (Å²) in [5, 5.41) is 0. The number of nitrogens with zero attached hydrogens (tertiary/aromatic N) is 2. The molecule has 0 atom stereocenters. The van der Waals surface area contributed by atoms with E-state index in [0.29, 0.717) is 15.7 Å². The van der Waals surface area contributed by atoms with Crippen molar-refractivity contribution in [1.82, 2.24) is 4.57 Å². The molecular weight excluding hydrogens is 376 g/mol. The molecule has 1 aromatic carbocycles. The molecule has 0 bridgehead atoms. The number of aryl methyl sites for hydroxylation is 1. The Morgan fingerprint density at radius 1 is 1.26 bits per heavy atom. The second-order valence-corrected chi connectivity index (χ2v) is 9.14. The van der Waals surface area contributed by atoms with Crippen molar-refractivity contribution >= 4 is 54.5 Å². The molecule has 0 amide bonds. The number of benzene rings is 1. The lowest BCUT2D eigenvalue weighted by molar-refractivity contribution is 0.415. The van der Waals surface area contributed by atoms with Gasteiger partial charge in [-0.15, -0.1) is 15.7 Å². The molecule has 0 aliphatic heterocycles. The quantitative estimate of drug-likeness (QED) is 0.684. The van der Waals surface area contributed by atoms with Crippen molar-refractivity contribution in [2.24, 2.45) is 4.40 Å². The van der Waals surface area contributed by atoms with Crippen molar-refractivity contribution in [1.29, 1.82) is 0 Å². The van der Waals surface area contributed by atoms with Gasteiger partial charge >= 0.3 is 0 Å². The van der Waals surface area contributed by atoms with Gasteiger partial charge < -0.3 is 9.30 Å². The highest BCUT2D eigenvalue weighted by molar-refractivity contribution is 7.92. The number of ether oxygens (including phenoxy) is 1. The van der Waals surface area contributed by atoms with Crippen molar-refractivity contribution in [3.8, 4) is 5.75 Å². The van der Waals surface area contributed by atoms with Gasteiger partial charge in [-0.1, -0.05) is 22.9 Å². The normalized spacial score (nSPS) is 12.9. The summed E-state index contributed by atoms with van der Waals surface area (Å²) in [7, 11) is -2.17. The van der Waals surface area contributed by atoms with Crippen LogP contribution < -0.4 is 9.54 Å². The summed E-state index contributed by atoms with van der Waals surface area (Å²) < 4.78 is 37.4. The van der Waals surface area contributed by atoms with E-state index in [0.717, 1.165) is 27.3 Å². The Morgan fingerprint density at radius 2 is 2.04 bits per heavy atom. The van der Waals surface area contributed by atoms with Crippen molar-refractivity contribution < 1.29 is 13.2 Å². The Labute approximate surface area is 146 Å². The Morgan fingerprint density at radius 3 is 2.65 bits per heavy atom. The Kier molecular flexibility index (Phi) is 4.50. The first kappa shape index (κ1) is 16.5. The number of aromatic nitrogens is 1. The third kappa shape index (κ3) is 3.16. The molecule has 0 fully saturated rings. The van der Waals surface area contributed by atoms with E-state index in [-0.39, 0.29) is 4.21 Å². The van der Waals surface area contributed by atoms with Gasteiger partial charge in [0.25, 0.3) is 10.0 Å². The van der Waals surface area contributed by atoms with E-state index in [2.05, 4.69) is 4.40 Å². The number of methoxy groups -OCH3 is 1. The molecule has 2 heterocycles. The van der Waals surface area contributed by atoms with E-state index in [1.807, 2.05) is 29.7 Å². The van der Waals surface area contributed by atoms with Gasteiger partial charge in [0, 0.05) is 6.54 Å². The Hall–Kier alpha value is -1.35. The highest BCUT2D eigenvalue weighted by Gasteiger charge is 2.17. The van der Waals surface area contributed by atoms with E-state index in [4.69, 9.17) is 16.3 Å². The predicted molar refractivity (Wildman–Crippen MR) is 94.1 cm³/mol. The zero-order chi connectivity index (χ0) is 16.6. The minimum atomic E-state index is -3.77. The summed E-state index contributed by atoms with van der Waals surface area (Å²) in [4.78, 5) is 0.431. The molecule has 9 heteroatoms. The minimum Gasteiger partial charge on any atom is -0.497 e. The molecule has 0 aliphatic rings. The molecule has 0 saturated heterocycles. The van der Waals surface area contributed by atoms with Crippen LogP contribution in [0.5, 0.6) is 5.75 Å². The van der Waals surface area contributed by atoms with E-state index in [9.17, 15) is 8.42 Å². The lowest BCUT2D eigenvalue weighted by Gasteiger charge is -2.02. The standard InChI is InChI=1S/C14H13ClN2O3S3/c1-3-17-10-5-4-9(20-2)8-11(10)21-14(17)16-23(18,19)13-7-6-12(15)22-13/h4-8H,3H2,1-2H3/b16-14-.